The van der Waals surface area contributed by atoms with Crippen LogP contribution in [0.3, 0.4) is 0 Å². The summed E-state index contributed by atoms with van der Waals surface area (Å²) in [6.07, 6.45) is 6.76. The largest absolute Gasteiger partial charge is 0.397 e. The number of benzene rings is 1. The van der Waals surface area contributed by atoms with Gasteiger partial charge >= 0.3 is 0 Å². The van der Waals surface area contributed by atoms with Gasteiger partial charge in [-0.25, -0.2) is 0 Å². The van der Waals surface area contributed by atoms with Gasteiger partial charge < -0.3 is 10.3 Å². The standard InChI is InChI=1S/C13H14Br2N4/c14-8-5-10(12(16)11(15)6-8)13-18-17-7-19(13)9-3-1-2-4-9/h5-7,9H,1-4,16H2. The summed E-state index contributed by atoms with van der Waals surface area (Å²) in [7, 11) is 0. The smallest absolute Gasteiger partial charge is 0.166 e. The molecule has 0 radical (unpaired) electrons. The van der Waals surface area contributed by atoms with Gasteiger partial charge in [-0.1, -0.05) is 28.8 Å². The fourth-order valence-corrected chi connectivity index (χ4v) is 3.88. The van der Waals surface area contributed by atoms with Gasteiger partial charge in [0.25, 0.3) is 0 Å². The minimum Gasteiger partial charge on any atom is -0.397 e. The van der Waals surface area contributed by atoms with Gasteiger partial charge in [-0.05, 0) is 40.9 Å². The Kier molecular flexibility index (Phi) is 3.62. The minimum atomic E-state index is 0.502. The molecule has 1 aliphatic carbocycles. The predicted molar refractivity (Wildman–Crippen MR) is 82.8 cm³/mol. The van der Waals surface area contributed by atoms with E-state index in [0.717, 1.165) is 20.3 Å². The van der Waals surface area contributed by atoms with Gasteiger partial charge in [-0.15, -0.1) is 10.2 Å². The first-order valence-corrected chi connectivity index (χ1v) is 7.90. The Morgan fingerprint density at radius 1 is 1.21 bits per heavy atom. The van der Waals surface area contributed by atoms with Crippen molar-refractivity contribution in [2.45, 2.75) is 31.7 Å². The SMILES string of the molecule is Nc1c(Br)cc(Br)cc1-c1nncn1C1CCCC1. The van der Waals surface area contributed by atoms with E-state index in [1.807, 2.05) is 18.5 Å². The summed E-state index contributed by atoms with van der Waals surface area (Å²) in [5, 5.41) is 8.34. The Hall–Kier alpha value is -0.880. The van der Waals surface area contributed by atoms with Crippen LogP contribution >= 0.6 is 31.9 Å². The van der Waals surface area contributed by atoms with Crippen molar-refractivity contribution in [2.24, 2.45) is 0 Å². The van der Waals surface area contributed by atoms with Crippen LogP contribution in [0.15, 0.2) is 27.4 Å². The van der Waals surface area contributed by atoms with Crippen molar-refractivity contribution < 1.29 is 0 Å². The lowest BCUT2D eigenvalue weighted by Crippen LogP contribution is -2.06. The fraction of sp³-hybridized carbons (Fsp3) is 0.385. The first kappa shape index (κ1) is 13.1. The van der Waals surface area contributed by atoms with Crippen molar-refractivity contribution in [3.8, 4) is 11.4 Å². The van der Waals surface area contributed by atoms with E-state index < -0.39 is 0 Å². The molecule has 0 aliphatic heterocycles. The highest BCUT2D eigenvalue weighted by Gasteiger charge is 2.22. The summed E-state index contributed by atoms with van der Waals surface area (Å²) < 4.78 is 4.01. The van der Waals surface area contributed by atoms with Crippen LogP contribution in [0.25, 0.3) is 11.4 Å². The molecule has 3 rings (SSSR count). The van der Waals surface area contributed by atoms with Crippen LogP contribution in [-0.4, -0.2) is 14.8 Å². The van der Waals surface area contributed by atoms with Crippen LogP contribution in [0, 0.1) is 0 Å². The number of nitrogens with two attached hydrogens (primary N) is 1. The molecule has 2 aromatic rings. The third kappa shape index (κ3) is 2.43. The molecule has 0 saturated heterocycles. The highest BCUT2D eigenvalue weighted by atomic mass is 79.9. The number of anilines is 1. The first-order valence-electron chi connectivity index (χ1n) is 6.31. The molecule has 1 aromatic heterocycles. The van der Waals surface area contributed by atoms with Gasteiger partial charge in [0, 0.05) is 20.6 Å². The van der Waals surface area contributed by atoms with Crippen LogP contribution in [0.2, 0.25) is 0 Å². The Bertz CT molecular complexity index is 603. The number of rotatable bonds is 2. The number of nitrogen functional groups attached to an aromatic ring is 1. The third-order valence-electron chi connectivity index (χ3n) is 3.63. The second kappa shape index (κ2) is 5.25. The summed E-state index contributed by atoms with van der Waals surface area (Å²) in [4.78, 5) is 0. The van der Waals surface area contributed by atoms with Crippen molar-refractivity contribution >= 4 is 37.5 Å². The quantitative estimate of drug-likeness (QED) is 0.789. The molecule has 0 amide bonds. The van der Waals surface area contributed by atoms with E-state index in [9.17, 15) is 0 Å². The fourth-order valence-electron chi connectivity index (χ4n) is 2.65. The van der Waals surface area contributed by atoms with Gasteiger partial charge in [-0.3, -0.25) is 0 Å². The van der Waals surface area contributed by atoms with Crippen LogP contribution in [0.5, 0.6) is 0 Å². The molecule has 100 valence electrons. The lowest BCUT2D eigenvalue weighted by atomic mass is 10.1. The molecule has 1 heterocycles. The molecule has 19 heavy (non-hydrogen) atoms. The van der Waals surface area contributed by atoms with Crippen LogP contribution in [-0.2, 0) is 0 Å². The maximum atomic E-state index is 6.16. The summed E-state index contributed by atoms with van der Waals surface area (Å²) in [5.74, 6) is 0.853. The van der Waals surface area contributed by atoms with Gasteiger partial charge in [0.2, 0.25) is 0 Å². The molecule has 4 nitrogen and oxygen atoms in total. The van der Waals surface area contributed by atoms with E-state index >= 15 is 0 Å². The minimum absolute atomic E-state index is 0.502. The molecule has 0 bridgehead atoms. The molecule has 0 atom stereocenters. The molecule has 1 aliphatic rings. The second-order valence-corrected chi connectivity index (χ2v) is 6.62. The van der Waals surface area contributed by atoms with Gasteiger partial charge in [0.1, 0.15) is 6.33 Å². The van der Waals surface area contributed by atoms with Crippen molar-refractivity contribution in [3.05, 3.63) is 27.4 Å². The van der Waals surface area contributed by atoms with Gasteiger partial charge in [-0.2, -0.15) is 0 Å². The maximum Gasteiger partial charge on any atom is 0.166 e. The zero-order valence-electron chi connectivity index (χ0n) is 10.3. The van der Waals surface area contributed by atoms with Crippen molar-refractivity contribution in [2.75, 3.05) is 5.73 Å². The lowest BCUT2D eigenvalue weighted by Gasteiger charge is -2.15. The van der Waals surface area contributed by atoms with Crippen LogP contribution in [0.1, 0.15) is 31.7 Å². The van der Waals surface area contributed by atoms with E-state index in [1.54, 1.807) is 0 Å². The van der Waals surface area contributed by atoms with E-state index in [0.29, 0.717) is 11.7 Å². The Labute approximate surface area is 128 Å². The van der Waals surface area contributed by atoms with Crippen LogP contribution < -0.4 is 5.73 Å². The summed E-state index contributed by atoms with van der Waals surface area (Å²) in [6.45, 7) is 0. The van der Waals surface area contributed by atoms with Gasteiger partial charge in [0.15, 0.2) is 5.82 Å². The maximum absolute atomic E-state index is 6.16. The van der Waals surface area contributed by atoms with E-state index in [-0.39, 0.29) is 0 Å². The topological polar surface area (TPSA) is 56.7 Å². The normalized spacial score (nSPS) is 16.1. The van der Waals surface area contributed by atoms with E-state index in [1.165, 1.54) is 25.7 Å². The molecule has 2 N–H and O–H groups in total. The van der Waals surface area contributed by atoms with Crippen molar-refractivity contribution in [1.29, 1.82) is 0 Å². The first-order chi connectivity index (χ1) is 9.16. The third-order valence-corrected chi connectivity index (χ3v) is 4.74. The molecule has 0 spiro atoms. The monoisotopic (exact) mass is 384 g/mol. The lowest BCUT2D eigenvalue weighted by molar-refractivity contribution is 0.522. The predicted octanol–water partition coefficient (Wildman–Crippen LogP) is 4.17. The molecule has 0 unspecified atom stereocenters. The van der Waals surface area contributed by atoms with E-state index in [2.05, 4.69) is 46.6 Å². The summed E-state index contributed by atoms with van der Waals surface area (Å²) in [5.41, 5.74) is 7.79. The molecule has 1 saturated carbocycles. The summed E-state index contributed by atoms with van der Waals surface area (Å²) in [6, 6.07) is 4.44. The molecule has 1 fully saturated rings. The van der Waals surface area contributed by atoms with E-state index in [4.69, 9.17) is 5.73 Å². The van der Waals surface area contributed by atoms with Crippen LogP contribution in [0.4, 0.5) is 5.69 Å². The zero-order chi connectivity index (χ0) is 13.4. The van der Waals surface area contributed by atoms with Gasteiger partial charge in [0.05, 0.1) is 5.69 Å². The zero-order valence-corrected chi connectivity index (χ0v) is 13.5. The highest BCUT2D eigenvalue weighted by Crippen LogP contribution is 2.37. The molecular weight excluding hydrogens is 372 g/mol. The Morgan fingerprint density at radius 2 is 1.95 bits per heavy atom. The average Bonchev–Trinajstić information content (AvgIpc) is 3.02. The Balaban J connectivity index is 2.10. The number of nitrogens with zero attached hydrogens (tertiary/aromatic N) is 3. The summed E-state index contributed by atoms with van der Waals surface area (Å²) >= 11 is 6.98. The molecule has 1 aromatic carbocycles. The Morgan fingerprint density at radius 3 is 2.68 bits per heavy atom. The number of aromatic nitrogens is 3. The number of hydrogen-bond acceptors (Lipinski definition) is 3. The number of halogens is 2. The average molecular weight is 386 g/mol. The highest BCUT2D eigenvalue weighted by molar-refractivity contribution is 9.11. The number of hydrogen-bond donors (Lipinski definition) is 1. The molecular formula is C13H14Br2N4. The second-order valence-electron chi connectivity index (χ2n) is 4.85. The van der Waals surface area contributed by atoms with Crippen molar-refractivity contribution in [3.63, 3.8) is 0 Å². The van der Waals surface area contributed by atoms with Crippen molar-refractivity contribution in [1.82, 2.24) is 14.8 Å². The molecule has 6 heteroatoms.